The van der Waals surface area contributed by atoms with Gasteiger partial charge in [-0.3, -0.25) is 4.79 Å². The zero-order chi connectivity index (χ0) is 10.1. The molecule has 0 aromatic heterocycles. The fourth-order valence-corrected chi connectivity index (χ4v) is 2.42. The molecule has 1 N–H and O–H groups in total. The summed E-state index contributed by atoms with van der Waals surface area (Å²) < 4.78 is 0. The van der Waals surface area contributed by atoms with Crippen LogP contribution in [0.5, 0.6) is 0 Å². The maximum absolute atomic E-state index is 11.8. The van der Waals surface area contributed by atoms with E-state index in [1.54, 1.807) is 0 Å². The molecule has 2 rings (SSSR count). The number of hydrogen-bond acceptors (Lipinski definition) is 2. The molecule has 0 saturated carbocycles. The Balaban J connectivity index is 1.87. The molecule has 0 aromatic carbocycles. The zero-order valence-electron chi connectivity index (χ0n) is 9.12. The number of amides is 1. The first-order chi connectivity index (χ1) is 6.70. The molecule has 0 aliphatic carbocycles. The van der Waals surface area contributed by atoms with Crippen molar-refractivity contribution in [3.8, 4) is 0 Å². The van der Waals surface area contributed by atoms with Gasteiger partial charge in [-0.1, -0.05) is 13.8 Å². The average molecular weight is 196 g/mol. The Kier molecular flexibility index (Phi) is 2.77. The van der Waals surface area contributed by atoms with Crippen molar-refractivity contribution < 1.29 is 4.79 Å². The fourth-order valence-electron chi connectivity index (χ4n) is 2.42. The largest absolute Gasteiger partial charge is 0.339 e. The molecule has 1 unspecified atom stereocenters. The van der Waals surface area contributed by atoms with E-state index in [4.69, 9.17) is 0 Å². The van der Waals surface area contributed by atoms with Crippen molar-refractivity contribution in [3.05, 3.63) is 0 Å². The van der Waals surface area contributed by atoms with Gasteiger partial charge in [0, 0.05) is 12.6 Å². The standard InChI is InChI=1S/C11H20N2O/c1-8(2)10-7-13(11(10)14)9-3-5-12-6-4-9/h8-10,12H,3-7H2,1-2H3. The maximum atomic E-state index is 11.8. The number of piperidine rings is 1. The van der Waals surface area contributed by atoms with E-state index in [1.165, 1.54) is 0 Å². The van der Waals surface area contributed by atoms with Gasteiger partial charge in [-0.15, -0.1) is 0 Å². The van der Waals surface area contributed by atoms with Gasteiger partial charge in [-0.25, -0.2) is 0 Å². The van der Waals surface area contributed by atoms with Gasteiger partial charge >= 0.3 is 0 Å². The van der Waals surface area contributed by atoms with Crippen molar-refractivity contribution in [3.63, 3.8) is 0 Å². The van der Waals surface area contributed by atoms with Gasteiger partial charge in [0.1, 0.15) is 0 Å². The summed E-state index contributed by atoms with van der Waals surface area (Å²) >= 11 is 0. The lowest BCUT2D eigenvalue weighted by Crippen LogP contribution is -2.60. The predicted octanol–water partition coefficient (Wildman–Crippen LogP) is 0.853. The first-order valence-corrected chi connectivity index (χ1v) is 5.71. The number of rotatable bonds is 2. The Morgan fingerprint density at radius 2 is 2.00 bits per heavy atom. The first-order valence-electron chi connectivity index (χ1n) is 5.71. The highest BCUT2D eigenvalue weighted by Crippen LogP contribution is 2.29. The molecule has 1 amide bonds. The van der Waals surface area contributed by atoms with Crippen molar-refractivity contribution >= 4 is 5.91 Å². The molecule has 0 bridgehead atoms. The van der Waals surface area contributed by atoms with Crippen molar-refractivity contribution in [1.29, 1.82) is 0 Å². The quantitative estimate of drug-likeness (QED) is 0.664. The highest BCUT2D eigenvalue weighted by atomic mass is 16.2. The van der Waals surface area contributed by atoms with Crippen LogP contribution in [0.1, 0.15) is 26.7 Å². The second-order valence-electron chi connectivity index (χ2n) is 4.82. The number of nitrogens with one attached hydrogen (secondary N) is 1. The third-order valence-corrected chi connectivity index (χ3v) is 3.55. The van der Waals surface area contributed by atoms with E-state index < -0.39 is 0 Å². The molecule has 2 aliphatic rings. The summed E-state index contributed by atoms with van der Waals surface area (Å²) in [7, 11) is 0. The molecule has 2 saturated heterocycles. The fraction of sp³-hybridized carbons (Fsp3) is 0.909. The second-order valence-corrected chi connectivity index (χ2v) is 4.82. The minimum Gasteiger partial charge on any atom is -0.339 e. The van der Waals surface area contributed by atoms with Crippen LogP contribution in [0.2, 0.25) is 0 Å². The average Bonchev–Trinajstić information content (AvgIpc) is 2.17. The molecule has 2 fully saturated rings. The smallest absolute Gasteiger partial charge is 0.228 e. The highest BCUT2D eigenvalue weighted by molar-refractivity contribution is 5.85. The van der Waals surface area contributed by atoms with Gasteiger partial charge < -0.3 is 10.2 Å². The van der Waals surface area contributed by atoms with E-state index in [9.17, 15) is 4.79 Å². The SMILES string of the molecule is CC(C)C1CN(C2CCNCC2)C1=O. The first kappa shape index (κ1) is 9.97. The van der Waals surface area contributed by atoms with Gasteiger partial charge in [-0.2, -0.15) is 0 Å². The van der Waals surface area contributed by atoms with Gasteiger partial charge in [0.2, 0.25) is 5.91 Å². The molecule has 2 aliphatic heterocycles. The zero-order valence-corrected chi connectivity index (χ0v) is 9.12. The van der Waals surface area contributed by atoms with E-state index in [0.29, 0.717) is 23.8 Å². The number of likely N-dealkylation sites (tertiary alicyclic amines) is 1. The molecule has 80 valence electrons. The third-order valence-electron chi connectivity index (χ3n) is 3.55. The third kappa shape index (κ3) is 1.65. The van der Waals surface area contributed by atoms with Crippen LogP contribution < -0.4 is 5.32 Å². The minimum absolute atomic E-state index is 0.310. The molecule has 2 heterocycles. The van der Waals surface area contributed by atoms with E-state index in [2.05, 4.69) is 24.1 Å². The van der Waals surface area contributed by atoms with Crippen molar-refractivity contribution in [2.75, 3.05) is 19.6 Å². The van der Waals surface area contributed by atoms with Crippen LogP contribution in [0, 0.1) is 11.8 Å². The van der Waals surface area contributed by atoms with Crippen LogP contribution in [0.15, 0.2) is 0 Å². The van der Waals surface area contributed by atoms with Crippen molar-refractivity contribution in [2.45, 2.75) is 32.7 Å². The van der Waals surface area contributed by atoms with E-state index in [-0.39, 0.29) is 0 Å². The van der Waals surface area contributed by atoms with Gasteiger partial charge in [0.15, 0.2) is 0 Å². The predicted molar refractivity (Wildman–Crippen MR) is 55.9 cm³/mol. The van der Waals surface area contributed by atoms with E-state index >= 15 is 0 Å². The van der Waals surface area contributed by atoms with Crippen LogP contribution in [0.4, 0.5) is 0 Å². The normalized spacial score (nSPS) is 29.5. The Bertz CT molecular complexity index is 221. The van der Waals surface area contributed by atoms with Crippen LogP contribution in [-0.4, -0.2) is 36.5 Å². The van der Waals surface area contributed by atoms with Crippen LogP contribution >= 0.6 is 0 Å². The van der Waals surface area contributed by atoms with Crippen molar-refractivity contribution in [2.24, 2.45) is 11.8 Å². The topological polar surface area (TPSA) is 32.3 Å². The molecule has 3 nitrogen and oxygen atoms in total. The number of carbonyl (C=O) groups excluding carboxylic acids is 1. The molecule has 0 radical (unpaired) electrons. The monoisotopic (exact) mass is 196 g/mol. The van der Waals surface area contributed by atoms with Crippen LogP contribution in [0.3, 0.4) is 0 Å². The molecule has 3 heteroatoms. The number of hydrogen-bond donors (Lipinski definition) is 1. The number of carbonyl (C=O) groups is 1. The summed E-state index contributed by atoms with van der Waals surface area (Å²) in [6.45, 7) is 7.42. The Hall–Kier alpha value is -0.570. The summed E-state index contributed by atoms with van der Waals surface area (Å²) in [5.74, 6) is 1.22. The summed E-state index contributed by atoms with van der Waals surface area (Å²) in [6.07, 6.45) is 2.27. The second kappa shape index (κ2) is 3.89. The highest BCUT2D eigenvalue weighted by Gasteiger charge is 2.42. The summed E-state index contributed by atoms with van der Waals surface area (Å²) in [5.41, 5.74) is 0. The molecule has 0 spiro atoms. The summed E-state index contributed by atoms with van der Waals surface area (Å²) in [5, 5.41) is 3.33. The lowest BCUT2D eigenvalue weighted by Gasteiger charge is -2.46. The molecule has 14 heavy (non-hydrogen) atoms. The Morgan fingerprint density at radius 1 is 1.36 bits per heavy atom. The Labute approximate surface area is 85.8 Å². The van der Waals surface area contributed by atoms with Gasteiger partial charge in [0.05, 0.1) is 5.92 Å². The van der Waals surface area contributed by atoms with Gasteiger partial charge in [-0.05, 0) is 31.8 Å². The lowest BCUT2D eigenvalue weighted by molar-refractivity contribution is -0.154. The maximum Gasteiger partial charge on any atom is 0.228 e. The van der Waals surface area contributed by atoms with Gasteiger partial charge in [0.25, 0.3) is 0 Å². The van der Waals surface area contributed by atoms with Crippen molar-refractivity contribution in [1.82, 2.24) is 10.2 Å². The lowest BCUT2D eigenvalue weighted by atomic mass is 9.85. The van der Waals surface area contributed by atoms with Crippen LogP contribution in [0.25, 0.3) is 0 Å². The molecular weight excluding hydrogens is 176 g/mol. The Morgan fingerprint density at radius 3 is 2.50 bits per heavy atom. The van der Waals surface area contributed by atoms with E-state index in [0.717, 1.165) is 32.5 Å². The summed E-state index contributed by atoms with van der Waals surface area (Å²) in [6, 6.07) is 0.527. The van der Waals surface area contributed by atoms with E-state index in [1.807, 2.05) is 0 Å². The minimum atomic E-state index is 0.310. The molecular formula is C11H20N2O. The van der Waals surface area contributed by atoms with Crippen LogP contribution in [-0.2, 0) is 4.79 Å². The number of nitrogens with zero attached hydrogens (tertiary/aromatic N) is 1. The molecule has 1 atom stereocenters. The number of β-lactam (4-membered cyclic amide) rings is 1. The summed E-state index contributed by atoms with van der Waals surface area (Å²) in [4.78, 5) is 13.9. The molecule has 0 aromatic rings.